The molecule has 4 heterocycles. The van der Waals surface area contributed by atoms with E-state index in [1.165, 1.54) is 5.69 Å². The molecule has 2 fully saturated rings. The minimum absolute atomic E-state index is 0.170. The van der Waals surface area contributed by atoms with Gasteiger partial charge >= 0.3 is 0 Å². The Bertz CT molecular complexity index is 1390. The van der Waals surface area contributed by atoms with Crippen molar-refractivity contribution in [1.29, 1.82) is 0 Å². The summed E-state index contributed by atoms with van der Waals surface area (Å²) in [7, 11) is 4.15. The van der Waals surface area contributed by atoms with Gasteiger partial charge in [-0.2, -0.15) is 0 Å². The molecule has 0 aliphatic carbocycles. The lowest BCUT2D eigenvalue weighted by Crippen LogP contribution is -2.52. The Kier molecular flexibility index (Phi) is 5.79. The average Bonchev–Trinajstić information content (AvgIpc) is 3.44. The number of hydrogen-bond donors (Lipinski definition) is 1. The van der Waals surface area contributed by atoms with Gasteiger partial charge in [0.15, 0.2) is 0 Å². The minimum Gasteiger partial charge on any atom is -0.369 e. The number of aromatic nitrogens is 2. The van der Waals surface area contributed by atoms with Crippen LogP contribution in [0.3, 0.4) is 0 Å². The van der Waals surface area contributed by atoms with E-state index in [9.17, 15) is 14.4 Å². The highest BCUT2D eigenvalue weighted by Crippen LogP contribution is 2.35. The summed E-state index contributed by atoms with van der Waals surface area (Å²) in [5.41, 5.74) is 6.56. The molecule has 0 radical (unpaired) electrons. The lowest BCUT2D eigenvalue weighted by Gasteiger charge is -2.34. The molecule has 9 heteroatoms. The summed E-state index contributed by atoms with van der Waals surface area (Å²) >= 11 is 0. The highest BCUT2D eigenvalue weighted by Gasteiger charge is 2.39. The smallest absolute Gasteiger partial charge is 0.255 e. The van der Waals surface area contributed by atoms with E-state index in [4.69, 9.17) is 4.98 Å². The summed E-state index contributed by atoms with van der Waals surface area (Å²) in [4.78, 5) is 48.0. The summed E-state index contributed by atoms with van der Waals surface area (Å²) in [5.74, 6) is -0.853. The number of piperidine rings is 1. The number of anilines is 1. The number of rotatable bonds is 4. The van der Waals surface area contributed by atoms with Crippen molar-refractivity contribution in [3.8, 4) is 22.5 Å². The number of amides is 3. The number of piperazine rings is 1. The standard InChI is InChI=1S/C28H30N6O3/c1-31-11-13-33(14-12-31)21-6-3-18(4-7-21)26-25(29-17-32(26)2)19-5-8-22-20(15-19)16-34(28(22)37)23-9-10-24(35)30-27(23)36/h3-8,15,17,23H,9-14,16H2,1-2H3,(H,30,35,36). The number of fused-ring (bicyclic) bond motifs is 1. The molecule has 1 unspecified atom stereocenters. The number of likely N-dealkylation sites (N-methyl/N-ethyl adjacent to an activating group) is 1. The van der Waals surface area contributed by atoms with Gasteiger partial charge in [0.1, 0.15) is 6.04 Å². The number of nitrogens with one attached hydrogen (secondary N) is 1. The van der Waals surface area contributed by atoms with Crippen molar-refractivity contribution in [3.63, 3.8) is 0 Å². The molecule has 6 rings (SSSR count). The third-order valence-electron chi connectivity index (χ3n) is 7.74. The minimum atomic E-state index is -0.620. The van der Waals surface area contributed by atoms with Crippen LogP contribution < -0.4 is 10.2 Å². The fraction of sp³-hybridized carbons (Fsp3) is 0.357. The van der Waals surface area contributed by atoms with Crippen molar-refractivity contribution in [2.75, 3.05) is 38.1 Å². The summed E-state index contributed by atoms with van der Waals surface area (Å²) in [6.45, 7) is 4.52. The zero-order valence-corrected chi connectivity index (χ0v) is 21.1. The van der Waals surface area contributed by atoms with Crippen LogP contribution >= 0.6 is 0 Å². The quantitative estimate of drug-likeness (QED) is 0.555. The summed E-state index contributed by atoms with van der Waals surface area (Å²) in [5, 5.41) is 2.36. The number of hydrogen-bond acceptors (Lipinski definition) is 6. The molecule has 0 bridgehead atoms. The number of nitrogens with zero attached hydrogens (tertiary/aromatic N) is 5. The number of carbonyl (C=O) groups is 3. The van der Waals surface area contributed by atoms with E-state index in [0.29, 0.717) is 18.5 Å². The van der Waals surface area contributed by atoms with E-state index in [2.05, 4.69) is 46.4 Å². The maximum atomic E-state index is 13.1. The van der Waals surface area contributed by atoms with Gasteiger partial charge in [0.2, 0.25) is 11.8 Å². The van der Waals surface area contributed by atoms with Gasteiger partial charge in [-0.25, -0.2) is 4.98 Å². The van der Waals surface area contributed by atoms with Crippen LogP contribution in [0, 0.1) is 0 Å². The van der Waals surface area contributed by atoms with Gasteiger partial charge in [-0.15, -0.1) is 0 Å². The predicted molar refractivity (Wildman–Crippen MR) is 140 cm³/mol. The Hall–Kier alpha value is -3.98. The van der Waals surface area contributed by atoms with E-state index in [-0.39, 0.29) is 18.2 Å². The summed E-state index contributed by atoms with van der Waals surface area (Å²) < 4.78 is 2.02. The number of imide groups is 1. The highest BCUT2D eigenvalue weighted by atomic mass is 16.2. The molecule has 3 aromatic rings. The lowest BCUT2D eigenvalue weighted by molar-refractivity contribution is -0.136. The van der Waals surface area contributed by atoms with Crippen LogP contribution in [-0.2, 0) is 23.2 Å². The first-order valence-electron chi connectivity index (χ1n) is 12.7. The van der Waals surface area contributed by atoms with Gasteiger partial charge in [-0.05, 0) is 43.3 Å². The van der Waals surface area contributed by atoms with Crippen LogP contribution in [0.2, 0.25) is 0 Å². The molecule has 0 saturated carbocycles. The van der Waals surface area contributed by atoms with Crippen molar-refractivity contribution < 1.29 is 14.4 Å². The Morgan fingerprint density at radius 3 is 2.38 bits per heavy atom. The van der Waals surface area contributed by atoms with E-state index in [1.54, 1.807) is 4.90 Å². The maximum Gasteiger partial charge on any atom is 0.255 e. The van der Waals surface area contributed by atoms with Crippen LogP contribution in [0.25, 0.3) is 22.5 Å². The number of aryl methyl sites for hydroxylation is 1. The molecule has 3 aliphatic rings. The molecule has 3 amide bonds. The van der Waals surface area contributed by atoms with Crippen LogP contribution in [0.1, 0.15) is 28.8 Å². The molecule has 190 valence electrons. The van der Waals surface area contributed by atoms with Crippen LogP contribution in [0.5, 0.6) is 0 Å². The molecular weight excluding hydrogens is 468 g/mol. The van der Waals surface area contributed by atoms with E-state index >= 15 is 0 Å². The Labute approximate surface area is 215 Å². The Morgan fingerprint density at radius 1 is 0.919 bits per heavy atom. The Balaban J connectivity index is 1.26. The van der Waals surface area contributed by atoms with Gasteiger partial charge in [0.25, 0.3) is 5.91 Å². The van der Waals surface area contributed by atoms with Crippen LogP contribution in [0.4, 0.5) is 5.69 Å². The molecule has 1 aromatic heterocycles. The third-order valence-corrected chi connectivity index (χ3v) is 7.74. The first-order valence-corrected chi connectivity index (χ1v) is 12.7. The van der Waals surface area contributed by atoms with Crippen molar-refractivity contribution in [2.45, 2.75) is 25.4 Å². The van der Waals surface area contributed by atoms with Crippen molar-refractivity contribution >= 4 is 23.4 Å². The second-order valence-electron chi connectivity index (χ2n) is 10.2. The molecular formula is C28H30N6O3. The molecule has 2 aromatic carbocycles. The molecule has 3 aliphatic heterocycles. The van der Waals surface area contributed by atoms with E-state index in [1.807, 2.05) is 36.1 Å². The second-order valence-corrected chi connectivity index (χ2v) is 10.2. The molecule has 1 N–H and O–H groups in total. The first kappa shape index (κ1) is 23.4. The Morgan fingerprint density at radius 2 is 1.65 bits per heavy atom. The fourth-order valence-corrected chi connectivity index (χ4v) is 5.60. The molecule has 37 heavy (non-hydrogen) atoms. The van der Waals surface area contributed by atoms with Crippen LogP contribution in [0.15, 0.2) is 48.8 Å². The third kappa shape index (κ3) is 4.19. The van der Waals surface area contributed by atoms with Crippen molar-refractivity contribution in [1.82, 2.24) is 24.7 Å². The molecule has 0 spiro atoms. The maximum absolute atomic E-state index is 13.1. The predicted octanol–water partition coefficient (Wildman–Crippen LogP) is 2.27. The largest absolute Gasteiger partial charge is 0.369 e. The van der Waals surface area contributed by atoms with Gasteiger partial charge in [0.05, 0.1) is 17.7 Å². The molecule has 9 nitrogen and oxygen atoms in total. The number of imidazole rings is 1. The number of benzene rings is 2. The highest BCUT2D eigenvalue weighted by molar-refractivity contribution is 6.05. The molecule has 1 atom stereocenters. The number of carbonyl (C=O) groups excluding carboxylic acids is 3. The first-order chi connectivity index (χ1) is 17.9. The van der Waals surface area contributed by atoms with Gasteiger partial charge in [-0.1, -0.05) is 18.2 Å². The van der Waals surface area contributed by atoms with Gasteiger partial charge in [0, 0.05) is 68.6 Å². The van der Waals surface area contributed by atoms with E-state index < -0.39 is 11.9 Å². The van der Waals surface area contributed by atoms with Crippen molar-refractivity contribution in [2.24, 2.45) is 7.05 Å². The lowest BCUT2D eigenvalue weighted by atomic mass is 10.0. The van der Waals surface area contributed by atoms with Crippen LogP contribution in [-0.4, -0.2) is 76.3 Å². The monoisotopic (exact) mass is 498 g/mol. The van der Waals surface area contributed by atoms with Crippen molar-refractivity contribution in [3.05, 3.63) is 59.9 Å². The SMILES string of the molecule is CN1CCN(c2ccc(-c3c(-c4ccc5c(c4)CN(C4CCC(=O)NC4=O)C5=O)ncn3C)cc2)CC1. The van der Waals surface area contributed by atoms with E-state index in [0.717, 1.165) is 54.3 Å². The summed E-state index contributed by atoms with van der Waals surface area (Å²) in [6.07, 6.45) is 2.41. The topological polar surface area (TPSA) is 90.8 Å². The summed E-state index contributed by atoms with van der Waals surface area (Å²) in [6, 6.07) is 13.8. The molecule has 2 saturated heterocycles. The normalized spacial score (nSPS) is 20.4. The van der Waals surface area contributed by atoms with Gasteiger partial charge < -0.3 is 19.3 Å². The second kappa shape index (κ2) is 9.15. The fourth-order valence-electron chi connectivity index (χ4n) is 5.60. The zero-order chi connectivity index (χ0) is 25.7. The zero-order valence-electron chi connectivity index (χ0n) is 21.1. The average molecular weight is 499 g/mol. The van der Waals surface area contributed by atoms with Gasteiger partial charge in [-0.3, -0.25) is 19.7 Å².